The maximum Gasteiger partial charge on any atom is 0.407 e. The monoisotopic (exact) mass is 361 g/mol. The van der Waals surface area contributed by atoms with Gasteiger partial charge >= 0.3 is 12.1 Å². The van der Waals surface area contributed by atoms with Crippen molar-refractivity contribution < 1.29 is 23.5 Å². The molecule has 0 aromatic heterocycles. The number of methoxy groups -OCH3 is 1. The van der Waals surface area contributed by atoms with E-state index >= 15 is 0 Å². The fourth-order valence-corrected chi connectivity index (χ4v) is 2.66. The van der Waals surface area contributed by atoms with Gasteiger partial charge in [-0.1, -0.05) is 20.8 Å². The molecule has 0 spiro atoms. The molecule has 0 heterocycles. The molecule has 0 aromatic rings. The predicted molar refractivity (Wildman–Crippen MR) is 97.5 cm³/mol. The Bertz CT molecular complexity index is 437. The molecule has 0 unspecified atom stereocenters. The Morgan fingerprint density at radius 2 is 1.58 bits per heavy atom. The number of alkyl carbamates (subject to hydrolysis) is 1. The Morgan fingerprint density at radius 1 is 1.08 bits per heavy atom. The van der Waals surface area contributed by atoms with Gasteiger partial charge in [-0.15, -0.1) is 0 Å². The van der Waals surface area contributed by atoms with E-state index in [1.54, 1.807) is 27.7 Å². The van der Waals surface area contributed by atoms with Crippen molar-refractivity contribution in [2.45, 2.75) is 78.2 Å². The van der Waals surface area contributed by atoms with Crippen molar-refractivity contribution in [3.8, 4) is 0 Å². The van der Waals surface area contributed by atoms with E-state index in [-0.39, 0.29) is 11.6 Å². The van der Waals surface area contributed by atoms with Gasteiger partial charge in [0, 0.05) is 0 Å². The first-order chi connectivity index (χ1) is 10.6. The van der Waals surface area contributed by atoms with Gasteiger partial charge in [-0.25, -0.2) is 4.79 Å². The van der Waals surface area contributed by atoms with E-state index < -0.39 is 37.9 Å². The molecule has 0 fully saturated rings. The number of carbonyl (C=O) groups is 2. The summed E-state index contributed by atoms with van der Waals surface area (Å²) in [5.74, 6) is -0.929. The van der Waals surface area contributed by atoms with E-state index in [0.29, 0.717) is 0 Å². The number of hydrogen-bond donors (Lipinski definition) is 1. The lowest BCUT2D eigenvalue weighted by molar-refractivity contribution is -0.146. The van der Waals surface area contributed by atoms with Crippen LogP contribution in [0.1, 0.15) is 48.5 Å². The molecular formula is C17H35NO5Si. The Labute approximate surface area is 147 Å². The number of carbonyl (C=O) groups excluding carboxylic acids is 2. The highest BCUT2D eigenvalue weighted by molar-refractivity contribution is 6.74. The van der Waals surface area contributed by atoms with Crippen molar-refractivity contribution in [3.63, 3.8) is 0 Å². The molecule has 0 aromatic carbocycles. The summed E-state index contributed by atoms with van der Waals surface area (Å²) >= 11 is 0. The molecule has 1 amide bonds. The average Bonchev–Trinajstić information content (AvgIpc) is 2.38. The number of ether oxygens (including phenoxy) is 2. The summed E-state index contributed by atoms with van der Waals surface area (Å²) in [6.07, 6.45) is -0.568. The lowest BCUT2D eigenvalue weighted by Gasteiger charge is -2.38. The van der Waals surface area contributed by atoms with Gasteiger partial charge in [-0.2, -0.15) is 0 Å². The zero-order valence-corrected chi connectivity index (χ0v) is 17.9. The van der Waals surface area contributed by atoms with Crippen LogP contribution in [0.15, 0.2) is 0 Å². The van der Waals surface area contributed by atoms with Crippen LogP contribution < -0.4 is 5.32 Å². The van der Waals surface area contributed by atoms with Gasteiger partial charge in [-0.05, 0) is 45.8 Å². The highest BCUT2D eigenvalue weighted by atomic mass is 28.4. The van der Waals surface area contributed by atoms with E-state index in [1.807, 2.05) is 0 Å². The summed E-state index contributed by atoms with van der Waals surface area (Å²) in [6.45, 7) is 18.0. The van der Waals surface area contributed by atoms with E-state index in [0.717, 1.165) is 0 Å². The number of hydrogen-bond acceptors (Lipinski definition) is 5. The first-order valence-corrected chi connectivity index (χ1v) is 11.2. The summed E-state index contributed by atoms with van der Waals surface area (Å²) in [7, 11) is -0.669. The third-order valence-corrected chi connectivity index (χ3v) is 8.81. The zero-order chi connectivity index (χ0) is 19.3. The molecule has 0 aliphatic heterocycles. The quantitative estimate of drug-likeness (QED) is 0.576. The fraction of sp³-hybridized carbons (Fsp3) is 0.882. The van der Waals surface area contributed by atoms with Gasteiger partial charge in [0.05, 0.1) is 25.7 Å². The summed E-state index contributed by atoms with van der Waals surface area (Å²) in [5, 5.41) is 2.79. The molecule has 2 atom stereocenters. The van der Waals surface area contributed by atoms with Crippen LogP contribution >= 0.6 is 0 Å². The van der Waals surface area contributed by atoms with Gasteiger partial charge in [0.1, 0.15) is 5.60 Å². The Balaban J connectivity index is 5.08. The molecule has 1 N–H and O–H groups in total. The van der Waals surface area contributed by atoms with Gasteiger partial charge in [0.25, 0.3) is 0 Å². The smallest absolute Gasteiger partial charge is 0.407 e. The minimum Gasteiger partial charge on any atom is -0.469 e. The molecule has 0 aliphatic carbocycles. The zero-order valence-electron chi connectivity index (χ0n) is 16.9. The van der Waals surface area contributed by atoms with E-state index in [9.17, 15) is 9.59 Å². The molecule has 0 saturated carbocycles. The number of nitrogens with one attached hydrogen (secondary N) is 1. The van der Waals surface area contributed by atoms with E-state index in [2.05, 4.69) is 39.2 Å². The molecule has 0 bridgehead atoms. The summed E-state index contributed by atoms with van der Waals surface area (Å²) < 4.78 is 16.2. The molecule has 6 nitrogen and oxygen atoms in total. The highest BCUT2D eigenvalue weighted by Crippen LogP contribution is 2.36. The van der Waals surface area contributed by atoms with Crippen LogP contribution in [0.3, 0.4) is 0 Å². The first kappa shape index (κ1) is 22.9. The predicted octanol–water partition coefficient (Wildman–Crippen LogP) is 3.71. The van der Waals surface area contributed by atoms with Crippen LogP contribution in [0.25, 0.3) is 0 Å². The van der Waals surface area contributed by atoms with Crippen LogP contribution in [0, 0.1) is 5.92 Å². The minimum absolute atomic E-state index is 0.0397. The Morgan fingerprint density at radius 3 is 1.96 bits per heavy atom. The summed E-state index contributed by atoms with van der Waals surface area (Å²) in [4.78, 5) is 24.0. The average molecular weight is 362 g/mol. The third-order valence-electron chi connectivity index (χ3n) is 4.31. The van der Waals surface area contributed by atoms with Crippen molar-refractivity contribution in [1.29, 1.82) is 0 Å². The van der Waals surface area contributed by atoms with Crippen molar-refractivity contribution in [3.05, 3.63) is 0 Å². The summed E-state index contributed by atoms with van der Waals surface area (Å²) in [6, 6.07) is -0.513. The lowest BCUT2D eigenvalue weighted by Crippen LogP contribution is -2.50. The van der Waals surface area contributed by atoms with Crippen LogP contribution in [-0.2, 0) is 18.7 Å². The number of amides is 1. The molecule has 0 saturated heterocycles. The minimum atomic E-state index is -2.00. The van der Waals surface area contributed by atoms with Crippen LogP contribution in [0.4, 0.5) is 4.79 Å². The highest BCUT2D eigenvalue weighted by Gasteiger charge is 2.39. The SMILES string of the molecule is COC(=O)[C@@H](C)[C@H](CO[Si](C)(C)C(C)(C)C)NC(=O)OC(C)(C)C. The standard InChI is InChI=1S/C17H35NO5Si/c1-12(14(19)21-8)13(18-15(20)23-16(2,3)4)11-22-24(9,10)17(5,6)7/h12-13H,11H2,1-10H3,(H,18,20)/t12-,13-/m0/s1. The topological polar surface area (TPSA) is 73.9 Å². The first-order valence-electron chi connectivity index (χ1n) is 8.32. The van der Waals surface area contributed by atoms with Crippen LogP contribution in [0.2, 0.25) is 18.1 Å². The molecule has 0 aliphatic rings. The largest absolute Gasteiger partial charge is 0.469 e. The lowest BCUT2D eigenvalue weighted by atomic mass is 10.0. The fourth-order valence-electron chi connectivity index (χ4n) is 1.63. The number of rotatable bonds is 6. The Kier molecular flexibility index (Phi) is 7.96. The van der Waals surface area contributed by atoms with Crippen molar-refractivity contribution in [2.24, 2.45) is 5.92 Å². The molecule has 142 valence electrons. The van der Waals surface area contributed by atoms with E-state index in [4.69, 9.17) is 13.9 Å². The Hall–Kier alpha value is -1.08. The number of esters is 1. The molecular weight excluding hydrogens is 326 g/mol. The van der Waals surface area contributed by atoms with Gasteiger partial charge in [-0.3, -0.25) is 4.79 Å². The second kappa shape index (κ2) is 8.34. The second-order valence-corrected chi connectivity index (χ2v) is 13.4. The molecule has 7 heteroatoms. The van der Waals surface area contributed by atoms with Gasteiger partial charge < -0.3 is 19.2 Å². The molecule has 0 rings (SSSR count). The third kappa shape index (κ3) is 7.66. The normalized spacial score (nSPS) is 15.4. The van der Waals surface area contributed by atoms with Crippen LogP contribution in [-0.4, -0.2) is 45.7 Å². The van der Waals surface area contributed by atoms with Crippen molar-refractivity contribution in [1.82, 2.24) is 5.32 Å². The van der Waals surface area contributed by atoms with Crippen molar-refractivity contribution in [2.75, 3.05) is 13.7 Å². The van der Waals surface area contributed by atoms with Gasteiger partial charge in [0.2, 0.25) is 0 Å². The molecule has 0 radical (unpaired) electrons. The van der Waals surface area contributed by atoms with Crippen LogP contribution in [0.5, 0.6) is 0 Å². The van der Waals surface area contributed by atoms with Crippen molar-refractivity contribution >= 4 is 20.4 Å². The maximum absolute atomic E-state index is 12.1. The summed E-state index contributed by atoms with van der Waals surface area (Å²) in [5.41, 5.74) is -0.608. The maximum atomic E-state index is 12.1. The molecule has 24 heavy (non-hydrogen) atoms. The van der Waals surface area contributed by atoms with E-state index in [1.165, 1.54) is 7.11 Å². The van der Waals surface area contributed by atoms with Gasteiger partial charge in [0.15, 0.2) is 8.32 Å². The second-order valence-electron chi connectivity index (χ2n) is 8.64.